The molecule has 0 fully saturated rings. The molecule has 0 amide bonds. The molecule has 1 atom stereocenters. The SMILES string of the molecule is CC(/C=C1/c2c(c3ccccc3n2-c2ccc(-c3ccccc3)cc2)/C=C\c2c(ccc3c2[nH]c2ccccc23)N1c1ccccc1)c1ccccc1. The Bertz CT molecular complexity index is 2820. The van der Waals surface area contributed by atoms with Crippen molar-refractivity contribution in [1.29, 1.82) is 0 Å². The van der Waals surface area contributed by atoms with Crippen LogP contribution >= 0.6 is 0 Å². The number of aromatic nitrogens is 2. The van der Waals surface area contributed by atoms with Crippen LogP contribution in [0.15, 0.2) is 182 Å². The van der Waals surface area contributed by atoms with Crippen LogP contribution in [0.3, 0.4) is 0 Å². The number of hydrogen-bond acceptors (Lipinski definition) is 1. The van der Waals surface area contributed by atoms with Crippen LogP contribution in [-0.2, 0) is 0 Å². The molecule has 9 aromatic rings. The van der Waals surface area contributed by atoms with Gasteiger partial charge in [-0.25, -0.2) is 0 Å². The minimum atomic E-state index is 0.126. The molecule has 0 bridgehead atoms. The van der Waals surface area contributed by atoms with Gasteiger partial charge in [0, 0.05) is 50.1 Å². The summed E-state index contributed by atoms with van der Waals surface area (Å²) in [6.45, 7) is 2.31. The number of fused-ring (bicyclic) bond motifs is 8. The van der Waals surface area contributed by atoms with Gasteiger partial charge in [0.2, 0.25) is 0 Å². The third-order valence-corrected chi connectivity index (χ3v) is 10.7. The lowest BCUT2D eigenvalue weighted by molar-refractivity contribution is 0.958. The van der Waals surface area contributed by atoms with Crippen LogP contribution in [0.4, 0.5) is 11.4 Å². The minimum Gasteiger partial charge on any atom is -0.354 e. The zero-order valence-electron chi connectivity index (χ0n) is 29.4. The van der Waals surface area contributed by atoms with Crippen molar-refractivity contribution in [3.8, 4) is 16.8 Å². The number of allylic oxidation sites excluding steroid dienone is 1. The molecule has 1 N–H and O–H groups in total. The van der Waals surface area contributed by atoms with Gasteiger partial charge in [-0.2, -0.15) is 0 Å². The topological polar surface area (TPSA) is 24.0 Å². The van der Waals surface area contributed by atoms with Gasteiger partial charge < -0.3 is 14.5 Å². The maximum Gasteiger partial charge on any atom is 0.0779 e. The van der Waals surface area contributed by atoms with Crippen LogP contribution in [0.1, 0.15) is 35.2 Å². The Morgan fingerprint density at radius 3 is 1.91 bits per heavy atom. The molecule has 0 aliphatic carbocycles. The largest absolute Gasteiger partial charge is 0.354 e. The number of aromatic amines is 1. The quantitative estimate of drug-likeness (QED) is 0.192. The zero-order valence-corrected chi connectivity index (χ0v) is 29.4. The lowest BCUT2D eigenvalue weighted by Gasteiger charge is -2.33. The fraction of sp³-hybridized carbons (Fsp3) is 0.0400. The molecule has 252 valence electrons. The van der Waals surface area contributed by atoms with Gasteiger partial charge in [-0.1, -0.05) is 159 Å². The van der Waals surface area contributed by atoms with E-state index in [1.54, 1.807) is 0 Å². The number of rotatable bonds is 5. The van der Waals surface area contributed by atoms with Crippen LogP contribution in [0.25, 0.3) is 67.4 Å². The second-order valence-electron chi connectivity index (χ2n) is 13.9. The molecule has 0 saturated heterocycles. The first-order chi connectivity index (χ1) is 26.2. The van der Waals surface area contributed by atoms with Crippen LogP contribution in [0.2, 0.25) is 0 Å². The van der Waals surface area contributed by atoms with Gasteiger partial charge in [0.15, 0.2) is 0 Å². The Hall–Kier alpha value is -6.84. The lowest BCUT2D eigenvalue weighted by atomic mass is 9.95. The molecule has 3 heterocycles. The van der Waals surface area contributed by atoms with Crippen molar-refractivity contribution in [2.24, 2.45) is 0 Å². The number of hydrogen-bond donors (Lipinski definition) is 1. The summed E-state index contributed by atoms with van der Waals surface area (Å²) >= 11 is 0. The average Bonchev–Trinajstić information content (AvgIpc) is 3.76. The summed E-state index contributed by atoms with van der Waals surface area (Å²) in [6, 6.07) is 63.4. The van der Waals surface area contributed by atoms with Gasteiger partial charge in [-0.3, -0.25) is 0 Å². The number of H-pyrrole nitrogens is 1. The molecule has 0 spiro atoms. The maximum absolute atomic E-state index is 3.82. The number of benzene rings is 7. The molecule has 1 aliphatic rings. The van der Waals surface area contributed by atoms with Gasteiger partial charge >= 0.3 is 0 Å². The molecule has 0 radical (unpaired) electrons. The highest BCUT2D eigenvalue weighted by atomic mass is 15.2. The van der Waals surface area contributed by atoms with Crippen molar-refractivity contribution in [2.75, 3.05) is 4.90 Å². The monoisotopic (exact) mass is 679 g/mol. The molecular weight excluding hydrogens is 643 g/mol. The standard InChI is InChI=1S/C50H37N3/c1-34(35-15-5-2-6-16-35)33-48-50-43(41-22-12-14-24-46(41)53(50)39-27-25-37(26-28-39)36-17-7-3-8-18-36)29-30-44-47(52(48)38-19-9-4-10-20-38)32-31-42-40-21-11-13-23-45(40)51-49(42)44/h2-34,51H,1H3/b30-29-,48-33-. The Kier molecular flexibility index (Phi) is 7.43. The van der Waals surface area contributed by atoms with E-state index in [1.807, 2.05) is 0 Å². The summed E-state index contributed by atoms with van der Waals surface area (Å²) in [5, 5.41) is 3.67. The number of nitrogens with one attached hydrogen (secondary N) is 1. The van der Waals surface area contributed by atoms with E-state index in [2.05, 4.69) is 216 Å². The van der Waals surface area contributed by atoms with Gasteiger partial charge in [0.1, 0.15) is 0 Å². The average molecular weight is 680 g/mol. The first-order valence-corrected chi connectivity index (χ1v) is 18.4. The molecule has 2 aromatic heterocycles. The Morgan fingerprint density at radius 1 is 0.509 bits per heavy atom. The van der Waals surface area contributed by atoms with Gasteiger partial charge in [-0.05, 0) is 59.2 Å². The Morgan fingerprint density at radius 2 is 1.13 bits per heavy atom. The maximum atomic E-state index is 3.82. The second-order valence-corrected chi connectivity index (χ2v) is 13.9. The Labute approximate surface area is 309 Å². The summed E-state index contributed by atoms with van der Waals surface area (Å²) in [6.07, 6.45) is 7.14. The summed E-state index contributed by atoms with van der Waals surface area (Å²) in [7, 11) is 0. The number of nitrogens with zero attached hydrogens (tertiary/aromatic N) is 2. The van der Waals surface area contributed by atoms with E-state index in [-0.39, 0.29) is 5.92 Å². The van der Waals surface area contributed by atoms with Crippen LogP contribution in [-0.4, -0.2) is 9.55 Å². The van der Waals surface area contributed by atoms with E-state index in [0.717, 1.165) is 45.0 Å². The van der Waals surface area contributed by atoms with Crippen LogP contribution in [0, 0.1) is 0 Å². The minimum absolute atomic E-state index is 0.126. The van der Waals surface area contributed by atoms with E-state index >= 15 is 0 Å². The lowest BCUT2D eigenvalue weighted by Crippen LogP contribution is -2.21. The molecule has 1 aliphatic heterocycles. The predicted molar refractivity (Wildman–Crippen MR) is 225 cm³/mol. The molecule has 53 heavy (non-hydrogen) atoms. The highest BCUT2D eigenvalue weighted by molar-refractivity contribution is 6.14. The number of anilines is 2. The van der Waals surface area contributed by atoms with Gasteiger partial charge in [-0.15, -0.1) is 0 Å². The third-order valence-electron chi connectivity index (χ3n) is 10.7. The fourth-order valence-electron chi connectivity index (χ4n) is 8.18. The van der Waals surface area contributed by atoms with E-state index in [9.17, 15) is 0 Å². The van der Waals surface area contributed by atoms with Crippen molar-refractivity contribution in [3.05, 3.63) is 204 Å². The molecule has 10 rings (SSSR count). The second kappa shape index (κ2) is 12.7. The highest BCUT2D eigenvalue weighted by Crippen LogP contribution is 2.47. The van der Waals surface area contributed by atoms with E-state index in [4.69, 9.17) is 0 Å². The summed E-state index contributed by atoms with van der Waals surface area (Å²) in [5.74, 6) is 0.126. The highest BCUT2D eigenvalue weighted by Gasteiger charge is 2.30. The van der Waals surface area contributed by atoms with Crippen molar-refractivity contribution in [3.63, 3.8) is 0 Å². The molecule has 7 aromatic carbocycles. The molecule has 0 saturated carbocycles. The van der Waals surface area contributed by atoms with Crippen molar-refractivity contribution >= 4 is 61.9 Å². The van der Waals surface area contributed by atoms with E-state index in [0.29, 0.717) is 0 Å². The predicted octanol–water partition coefficient (Wildman–Crippen LogP) is 13.4. The zero-order chi connectivity index (χ0) is 35.3. The smallest absolute Gasteiger partial charge is 0.0779 e. The van der Waals surface area contributed by atoms with Crippen LogP contribution in [0.5, 0.6) is 0 Å². The summed E-state index contributed by atoms with van der Waals surface area (Å²) < 4.78 is 2.47. The van der Waals surface area contributed by atoms with E-state index in [1.165, 1.54) is 43.9 Å². The van der Waals surface area contributed by atoms with Crippen LogP contribution < -0.4 is 4.90 Å². The first-order valence-electron chi connectivity index (χ1n) is 18.4. The third kappa shape index (κ3) is 5.20. The first kappa shape index (κ1) is 30.9. The van der Waals surface area contributed by atoms with Crippen molar-refractivity contribution in [2.45, 2.75) is 12.8 Å². The molecule has 3 heteroatoms. The Balaban J connectivity index is 1.31. The molecule has 1 unspecified atom stereocenters. The number of para-hydroxylation sites is 3. The molecule has 3 nitrogen and oxygen atoms in total. The molecular formula is C50H37N3. The van der Waals surface area contributed by atoms with Crippen molar-refractivity contribution < 1.29 is 0 Å². The van der Waals surface area contributed by atoms with Gasteiger partial charge in [0.05, 0.1) is 28.1 Å². The van der Waals surface area contributed by atoms with Crippen molar-refractivity contribution in [1.82, 2.24) is 9.55 Å². The summed E-state index contributed by atoms with van der Waals surface area (Å²) in [5.41, 5.74) is 15.1. The van der Waals surface area contributed by atoms with E-state index < -0.39 is 0 Å². The normalized spacial score (nSPS) is 14.6. The fourth-order valence-corrected chi connectivity index (χ4v) is 8.18. The summed E-state index contributed by atoms with van der Waals surface area (Å²) in [4.78, 5) is 6.30. The van der Waals surface area contributed by atoms with Gasteiger partial charge in [0.25, 0.3) is 0 Å².